The van der Waals surface area contributed by atoms with Crippen LogP contribution in [0, 0.1) is 27.7 Å². The van der Waals surface area contributed by atoms with Gasteiger partial charge in [-0.15, -0.1) is 0 Å². The Bertz CT molecular complexity index is 599. The Hall–Kier alpha value is -1.60. The zero-order valence-electron chi connectivity index (χ0n) is 13.2. The first kappa shape index (κ1) is 14.8. The predicted molar refractivity (Wildman–Crippen MR) is 85.0 cm³/mol. The first-order chi connectivity index (χ1) is 9.47. The molecule has 0 aliphatic heterocycles. The monoisotopic (exact) mass is 268 g/mol. The zero-order valence-corrected chi connectivity index (χ0v) is 13.2. The van der Waals surface area contributed by atoms with Gasteiger partial charge in [-0.25, -0.2) is 0 Å². The van der Waals surface area contributed by atoms with Gasteiger partial charge >= 0.3 is 0 Å². The van der Waals surface area contributed by atoms with E-state index in [1.165, 1.54) is 33.4 Å². The van der Waals surface area contributed by atoms with Gasteiger partial charge in [0.2, 0.25) is 0 Å². The Labute approximate surface area is 122 Å². The molecule has 0 radical (unpaired) electrons. The SMILES string of the molecule is Cc1ccc(COC(C)c2ccc(C)cc2C)c(C)c1. The zero-order chi connectivity index (χ0) is 14.7. The Balaban J connectivity index is 2.06. The predicted octanol–water partition coefficient (Wildman–Crippen LogP) is 5.20. The third-order valence-corrected chi connectivity index (χ3v) is 3.85. The molecular formula is C19H24O. The maximum atomic E-state index is 6.06. The van der Waals surface area contributed by atoms with Crippen molar-refractivity contribution in [3.63, 3.8) is 0 Å². The summed E-state index contributed by atoms with van der Waals surface area (Å²) in [6.45, 7) is 11.3. The molecule has 106 valence electrons. The van der Waals surface area contributed by atoms with Crippen LogP contribution in [-0.4, -0.2) is 0 Å². The molecule has 0 heterocycles. The highest BCUT2D eigenvalue weighted by atomic mass is 16.5. The molecule has 20 heavy (non-hydrogen) atoms. The molecule has 0 saturated heterocycles. The topological polar surface area (TPSA) is 9.23 Å². The highest BCUT2D eigenvalue weighted by Gasteiger charge is 2.10. The molecule has 0 amide bonds. The molecule has 2 rings (SSSR count). The lowest BCUT2D eigenvalue weighted by Crippen LogP contribution is -2.03. The minimum absolute atomic E-state index is 0.122. The van der Waals surface area contributed by atoms with Crippen LogP contribution in [0.1, 0.15) is 46.4 Å². The van der Waals surface area contributed by atoms with E-state index in [-0.39, 0.29) is 6.10 Å². The fraction of sp³-hybridized carbons (Fsp3) is 0.368. The Morgan fingerprint density at radius 2 is 1.45 bits per heavy atom. The lowest BCUT2D eigenvalue weighted by atomic mass is 10.0. The molecule has 0 N–H and O–H groups in total. The average molecular weight is 268 g/mol. The van der Waals surface area contributed by atoms with E-state index in [4.69, 9.17) is 4.74 Å². The summed E-state index contributed by atoms with van der Waals surface area (Å²) in [5.74, 6) is 0. The maximum Gasteiger partial charge on any atom is 0.0803 e. The molecule has 2 aromatic carbocycles. The molecule has 0 bridgehead atoms. The van der Waals surface area contributed by atoms with Gasteiger partial charge in [0.1, 0.15) is 0 Å². The summed E-state index contributed by atoms with van der Waals surface area (Å²) in [5, 5.41) is 0. The van der Waals surface area contributed by atoms with E-state index < -0.39 is 0 Å². The number of hydrogen-bond donors (Lipinski definition) is 0. The van der Waals surface area contributed by atoms with Crippen molar-refractivity contribution in [2.75, 3.05) is 0 Å². The third-order valence-electron chi connectivity index (χ3n) is 3.85. The molecular weight excluding hydrogens is 244 g/mol. The lowest BCUT2D eigenvalue weighted by Gasteiger charge is -2.17. The second kappa shape index (κ2) is 6.23. The van der Waals surface area contributed by atoms with Crippen LogP contribution in [0.3, 0.4) is 0 Å². The number of rotatable bonds is 4. The van der Waals surface area contributed by atoms with Crippen LogP contribution in [-0.2, 0) is 11.3 Å². The normalized spacial score (nSPS) is 12.4. The molecule has 2 aromatic rings. The Morgan fingerprint density at radius 1 is 0.850 bits per heavy atom. The fourth-order valence-electron chi connectivity index (χ4n) is 2.59. The smallest absolute Gasteiger partial charge is 0.0803 e. The summed E-state index contributed by atoms with van der Waals surface area (Å²) in [7, 11) is 0. The Kier molecular flexibility index (Phi) is 4.61. The van der Waals surface area contributed by atoms with Crippen molar-refractivity contribution in [2.24, 2.45) is 0 Å². The maximum absolute atomic E-state index is 6.06. The van der Waals surface area contributed by atoms with Gasteiger partial charge < -0.3 is 4.74 Å². The molecule has 1 unspecified atom stereocenters. The van der Waals surface area contributed by atoms with E-state index in [9.17, 15) is 0 Å². The summed E-state index contributed by atoms with van der Waals surface area (Å²) in [5.41, 5.74) is 7.75. The second-order valence-electron chi connectivity index (χ2n) is 5.74. The largest absolute Gasteiger partial charge is 0.369 e. The first-order valence-electron chi connectivity index (χ1n) is 7.22. The van der Waals surface area contributed by atoms with E-state index in [2.05, 4.69) is 71.0 Å². The van der Waals surface area contributed by atoms with Crippen molar-refractivity contribution in [1.82, 2.24) is 0 Å². The van der Waals surface area contributed by atoms with Crippen molar-refractivity contribution < 1.29 is 4.74 Å². The Morgan fingerprint density at radius 3 is 2.05 bits per heavy atom. The van der Waals surface area contributed by atoms with E-state index >= 15 is 0 Å². The van der Waals surface area contributed by atoms with E-state index in [1.54, 1.807) is 0 Å². The van der Waals surface area contributed by atoms with Crippen molar-refractivity contribution in [2.45, 2.75) is 47.3 Å². The number of ether oxygens (including phenoxy) is 1. The number of aryl methyl sites for hydroxylation is 4. The number of benzene rings is 2. The summed E-state index contributed by atoms with van der Waals surface area (Å²) in [6.07, 6.45) is 0.122. The third kappa shape index (κ3) is 3.49. The van der Waals surface area contributed by atoms with Crippen LogP contribution in [0.15, 0.2) is 36.4 Å². The standard InChI is InChI=1S/C19H24O/c1-13-6-8-18(15(3)10-13)12-20-17(5)19-9-7-14(2)11-16(19)4/h6-11,17H,12H2,1-5H3. The van der Waals surface area contributed by atoms with E-state index in [0.717, 1.165) is 0 Å². The van der Waals surface area contributed by atoms with Gasteiger partial charge in [0.05, 0.1) is 12.7 Å². The van der Waals surface area contributed by atoms with Crippen LogP contribution >= 0.6 is 0 Å². The minimum atomic E-state index is 0.122. The van der Waals surface area contributed by atoms with E-state index in [1.807, 2.05) is 0 Å². The van der Waals surface area contributed by atoms with Gasteiger partial charge in [-0.3, -0.25) is 0 Å². The molecule has 1 atom stereocenters. The highest BCUT2D eigenvalue weighted by molar-refractivity contribution is 5.32. The summed E-state index contributed by atoms with van der Waals surface area (Å²) < 4.78 is 6.06. The molecule has 0 aromatic heterocycles. The van der Waals surface area contributed by atoms with Crippen LogP contribution in [0.4, 0.5) is 0 Å². The molecule has 0 aliphatic carbocycles. The molecule has 0 aliphatic rings. The van der Waals surface area contributed by atoms with Gasteiger partial charge in [-0.2, -0.15) is 0 Å². The molecule has 0 spiro atoms. The fourth-order valence-corrected chi connectivity index (χ4v) is 2.59. The molecule has 0 saturated carbocycles. The van der Waals surface area contributed by atoms with Gasteiger partial charge in [0.25, 0.3) is 0 Å². The first-order valence-corrected chi connectivity index (χ1v) is 7.22. The van der Waals surface area contributed by atoms with Crippen molar-refractivity contribution in [3.05, 3.63) is 69.8 Å². The van der Waals surface area contributed by atoms with Crippen LogP contribution in [0.25, 0.3) is 0 Å². The quantitative estimate of drug-likeness (QED) is 0.740. The molecule has 1 nitrogen and oxygen atoms in total. The van der Waals surface area contributed by atoms with Crippen molar-refractivity contribution in [3.8, 4) is 0 Å². The van der Waals surface area contributed by atoms with Crippen LogP contribution in [0.2, 0.25) is 0 Å². The van der Waals surface area contributed by atoms with Crippen molar-refractivity contribution >= 4 is 0 Å². The average Bonchev–Trinajstić information content (AvgIpc) is 2.37. The van der Waals surface area contributed by atoms with Crippen LogP contribution in [0.5, 0.6) is 0 Å². The van der Waals surface area contributed by atoms with Gasteiger partial charge in [0.15, 0.2) is 0 Å². The lowest BCUT2D eigenvalue weighted by molar-refractivity contribution is 0.0519. The van der Waals surface area contributed by atoms with Gasteiger partial charge in [-0.1, -0.05) is 47.5 Å². The van der Waals surface area contributed by atoms with E-state index in [0.29, 0.717) is 6.61 Å². The van der Waals surface area contributed by atoms with Gasteiger partial charge in [-0.05, 0) is 56.9 Å². The summed E-state index contributed by atoms with van der Waals surface area (Å²) >= 11 is 0. The van der Waals surface area contributed by atoms with Crippen LogP contribution < -0.4 is 0 Å². The minimum Gasteiger partial charge on any atom is -0.369 e. The summed E-state index contributed by atoms with van der Waals surface area (Å²) in [4.78, 5) is 0. The summed E-state index contributed by atoms with van der Waals surface area (Å²) in [6, 6.07) is 13.1. The highest BCUT2D eigenvalue weighted by Crippen LogP contribution is 2.23. The second-order valence-corrected chi connectivity index (χ2v) is 5.74. The van der Waals surface area contributed by atoms with Crippen molar-refractivity contribution in [1.29, 1.82) is 0 Å². The van der Waals surface area contributed by atoms with Gasteiger partial charge in [0, 0.05) is 0 Å². The molecule has 1 heteroatoms. The number of hydrogen-bond acceptors (Lipinski definition) is 1. The molecule has 0 fully saturated rings.